The minimum Gasteiger partial charge on any atom is -0.351 e. The Morgan fingerprint density at radius 3 is 2.76 bits per heavy atom. The first kappa shape index (κ1) is 17.5. The van der Waals surface area contributed by atoms with E-state index in [1.807, 2.05) is 19.1 Å². The number of aromatic nitrogens is 2. The molecule has 3 heterocycles. The summed E-state index contributed by atoms with van der Waals surface area (Å²) in [5.74, 6) is 0.141. The number of thiazole rings is 1. The summed E-state index contributed by atoms with van der Waals surface area (Å²) in [4.78, 5) is 35.3. The van der Waals surface area contributed by atoms with Crippen LogP contribution in [-0.4, -0.2) is 39.8 Å². The monoisotopic (exact) mass is 358 g/mol. The van der Waals surface area contributed by atoms with Crippen molar-refractivity contribution in [1.82, 2.24) is 20.2 Å². The van der Waals surface area contributed by atoms with E-state index in [-0.39, 0.29) is 17.7 Å². The maximum Gasteiger partial charge on any atom is 0.223 e. The van der Waals surface area contributed by atoms with Gasteiger partial charge in [-0.1, -0.05) is 0 Å². The molecule has 7 heteroatoms. The Labute approximate surface area is 151 Å². The minimum absolute atomic E-state index is 0.0124. The molecule has 1 aliphatic heterocycles. The normalized spacial score (nSPS) is 15.2. The van der Waals surface area contributed by atoms with E-state index in [4.69, 9.17) is 0 Å². The lowest BCUT2D eigenvalue weighted by Gasteiger charge is -2.30. The van der Waals surface area contributed by atoms with Gasteiger partial charge in [0.25, 0.3) is 0 Å². The lowest BCUT2D eigenvalue weighted by Crippen LogP contribution is -2.42. The molecule has 2 aromatic rings. The molecule has 3 rings (SSSR count). The molecule has 0 bridgehead atoms. The molecule has 1 fully saturated rings. The second kappa shape index (κ2) is 7.74. The van der Waals surface area contributed by atoms with Gasteiger partial charge in [0.05, 0.1) is 12.2 Å². The van der Waals surface area contributed by atoms with E-state index in [1.165, 1.54) is 0 Å². The van der Waals surface area contributed by atoms with Gasteiger partial charge in [0.1, 0.15) is 5.01 Å². The fourth-order valence-electron chi connectivity index (χ4n) is 2.97. The van der Waals surface area contributed by atoms with Gasteiger partial charge in [-0.15, -0.1) is 11.3 Å². The first-order valence-corrected chi connectivity index (χ1v) is 9.26. The molecule has 0 radical (unpaired) electrons. The highest BCUT2D eigenvalue weighted by atomic mass is 32.1. The quantitative estimate of drug-likeness (QED) is 0.911. The third-order valence-corrected chi connectivity index (χ3v) is 5.74. The molecule has 25 heavy (non-hydrogen) atoms. The Kier molecular flexibility index (Phi) is 5.43. The maximum atomic E-state index is 12.4. The van der Waals surface area contributed by atoms with E-state index < -0.39 is 0 Å². The van der Waals surface area contributed by atoms with Crippen LogP contribution < -0.4 is 5.32 Å². The molecule has 2 aromatic heterocycles. The molecule has 2 amide bonds. The number of aryl methyl sites for hydroxylation is 1. The number of hydrogen-bond donors (Lipinski definition) is 1. The van der Waals surface area contributed by atoms with Gasteiger partial charge < -0.3 is 10.2 Å². The first-order valence-electron chi connectivity index (χ1n) is 8.44. The summed E-state index contributed by atoms with van der Waals surface area (Å²) in [6.45, 7) is 5.36. The molecule has 0 atom stereocenters. The summed E-state index contributed by atoms with van der Waals surface area (Å²) in [5, 5.41) is 3.95. The Bertz CT molecular complexity index is 752. The smallest absolute Gasteiger partial charge is 0.223 e. The number of amides is 2. The Morgan fingerprint density at radius 1 is 1.36 bits per heavy atom. The van der Waals surface area contributed by atoms with E-state index in [0.717, 1.165) is 34.0 Å². The van der Waals surface area contributed by atoms with E-state index in [9.17, 15) is 9.59 Å². The molecule has 1 N–H and O–H groups in total. The highest BCUT2D eigenvalue weighted by molar-refractivity contribution is 7.15. The van der Waals surface area contributed by atoms with Gasteiger partial charge in [0.2, 0.25) is 11.8 Å². The zero-order valence-corrected chi connectivity index (χ0v) is 15.3. The van der Waals surface area contributed by atoms with Crippen molar-refractivity contribution in [1.29, 1.82) is 0 Å². The predicted molar refractivity (Wildman–Crippen MR) is 96.9 cm³/mol. The first-order chi connectivity index (χ1) is 12.0. The molecule has 0 saturated carbocycles. The summed E-state index contributed by atoms with van der Waals surface area (Å²) >= 11 is 1.59. The number of piperidine rings is 1. The van der Waals surface area contributed by atoms with Crippen LogP contribution in [0.15, 0.2) is 24.5 Å². The number of nitrogens with zero attached hydrogens (tertiary/aromatic N) is 3. The second-order valence-corrected chi connectivity index (χ2v) is 7.35. The second-order valence-electron chi connectivity index (χ2n) is 6.27. The summed E-state index contributed by atoms with van der Waals surface area (Å²) in [5.41, 5.74) is 1.93. The third kappa shape index (κ3) is 4.22. The topological polar surface area (TPSA) is 75.2 Å². The largest absolute Gasteiger partial charge is 0.351 e. The van der Waals surface area contributed by atoms with Crippen molar-refractivity contribution in [2.45, 2.75) is 33.2 Å². The number of pyridine rings is 1. The van der Waals surface area contributed by atoms with Crippen molar-refractivity contribution in [3.05, 3.63) is 35.1 Å². The van der Waals surface area contributed by atoms with E-state index in [0.29, 0.717) is 19.6 Å². The van der Waals surface area contributed by atoms with Crippen LogP contribution in [0.1, 0.15) is 30.3 Å². The van der Waals surface area contributed by atoms with Gasteiger partial charge >= 0.3 is 0 Å². The van der Waals surface area contributed by atoms with Gasteiger partial charge in [0.15, 0.2) is 0 Å². The van der Waals surface area contributed by atoms with Crippen LogP contribution in [0, 0.1) is 12.8 Å². The number of rotatable bonds is 4. The number of likely N-dealkylation sites (tertiary alicyclic amines) is 1. The summed E-state index contributed by atoms with van der Waals surface area (Å²) < 4.78 is 0. The highest BCUT2D eigenvalue weighted by Crippen LogP contribution is 2.27. The van der Waals surface area contributed by atoms with E-state index >= 15 is 0 Å². The van der Waals surface area contributed by atoms with Gasteiger partial charge in [0, 0.05) is 48.8 Å². The summed E-state index contributed by atoms with van der Waals surface area (Å²) in [6.07, 6.45) is 4.99. The van der Waals surface area contributed by atoms with Gasteiger partial charge in [-0.05, 0) is 31.9 Å². The molecule has 0 spiro atoms. The predicted octanol–water partition coefficient (Wildman–Crippen LogP) is 2.39. The minimum atomic E-state index is -0.0124. The van der Waals surface area contributed by atoms with Crippen LogP contribution >= 0.6 is 11.3 Å². The Balaban J connectivity index is 1.56. The molecule has 1 aliphatic rings. The van der Waals surface area contributed by atoms with Crippen molar-refractivity contribution < 1.29 is 9.59 Å². The summed E-state index contributed by atoms with van der Waals surface area (Å²) in [7, 11) is 0. The van der Waals surface area contributed by atoms with Gasteiger partial charge in [-0.25, -0.2) is 4.98 Å². The highest BCUT2D eigenvalue weighted by Gasteiger charge is 2.26. The van der Waals surface area contributed by atoms with Crippen molar-refractivity contribution >= 4 is 23.2 Å². The lowest BCUT2D eigenvalue weighted by atomic mass is 9.96. The zero-order valence-electron chi connectivity index (χ0n) is 14.5. The SMILES string of the molecule is CC(=O)N1CCC(C(=O)NCc2sc(-c3cccnc3)nc2C)CC1. The fraction of sp³-hybridized carbons (Fsp3) is 0.444. The molecule has 6 nitrogen and oxygen atoms in total. The van der Waals surface area contributed by atoms with Crippen molar-refractivity contribution in [3.8, 4) is 10.6 Å². The summed E-state index contributed by atoms with van der Waals surface area (Å²) in [6, 6.07) is 3.87. The molecule has 132 valence electrons. The molecular formula is C18H22N4O2S. The van der Waals surface area contributed by atoms with E-state index in [1.54, 1.807) is 35.6 Å². The number of hydrogen-bond acceptors (Lipinski definition) is 5. The lowest BCUT2D eigenvalue weighted by molar-refractivity contribution is -0.134. The Hall–Kier alpha value is -2.28. The molecule has 0 unspecified atom stereocenters. The van der Waals surface area contributed by atoms with Crippen molar-refractivity contribution in [3.63, 3.8) is 0 Å². The van der Waals surface area contributed by atoms with Crippen LogP contribution in [0.3, 0.4) is 0 Å². The van der Waals surface area contributed by atoms with Crippen LogP contribution in [0.5, 0.6) is 0 Å². The zero-order chi connectivity index (χ0) is 17.8. The van der Waals surface area contributed by atoms with Crippen molar-refractivity contribution in [2.24, 2.45) is 5.92 Å². The molecule has 0 aliphatic carbocycles. The maximum absolute atomic E-state index is 12.4. The third-order valence-electron chi connectivity index (χ3n) is 4.54. The average molecular weight is 358 g/mol. The van der Waals surface area contributed by atoms with Crippen LogP contribution in [0.2, 0.25) is 0 Å². The van der Waals surface area contributed by atoms with Gasteiger partial charge in [-0.2, -0.15) is 0 Å². The number of carbonyl (C=O) groups is 2. The van der Waals surface area contributed by atoms with E-state index in [2.05, 4.69) is 15.3 Å². The van der Waals surface area contributed by atoms with Gasteiger partial charge in [-0.3, -0.25) is 14.6 Å². The molecular weight excluding hydrogens is 336 g/mol. The standard InChI is InChI=1S/C18H22N4O2S/c1-12-16(25-18(21-12)15-4-3-7-19-10-15)11-20-17(24)14-5-8-22(9-6-14)13(2)23/h3-4,7,10,14H,5-6,8-9,11H2,1-2H3,(H,20,24). The van der Waals surface area contributed by atoms with Crippen LogP contribution in [-0.2, 0) is 16.1 Å². The van der Waals surface area contributed by atoms with Crippen LogP contribution in [0.4, 0.5) is 0 Å². The fourth-order valence-corrected chi connectivity index (χ4v) is 3.97. The molecule has 0 aromatic carbocycles. The number of nitrogens with one attached hydrogen (secondary N) is 1. The number of carbonyl (C=O) groups excluding carboxylic acids is 2. The van der Waals surface area contributed by atoms with Crippen LogP contribution in [0.25, 0.3) is 10.6 Å². The average Bonchev–Trinajstić information content (AvgIpc) is 3.01. The Morgan fingerprint density at radius 2 is 2.12 bits per heavy atom. The van der Waals surface area contributed by atoms with Crippen molar-refractivity contribution in [2.75, 3.05) is 13.1 Å². The molecule has 1 saturated heterocycles.